The molecule has 2 amide bonds. The molecule has 0 spiro atoms. The van der Waals surface area contributed by atoms with Gasteiger partial charge in [0.05, 0.1) is 16.9 Å². The second-order valence-electron chi connectivity index (χ2n) is 10.5. The zero-order valence-electron chi connectivity index (χ0n) is 22.2. The molecule has 202 valence electrons. The van der Waals surface area contributed by atoms with Crippen molar-refractivity contribution in [3.63, 3.8) is 0 Å². The van der Waals surface area contributed by atoms with Crippen LogP contribution in [0.25, 0.3) is 16.9 Å². The number of aromatic nitrogens is 5. The van der Waals surface area contributed by atoms with Crippen molar-refractivity contribution in [3.05, 3.63) is 100 Å². The Labute approximate surface area is 230 Å². The fraction of sp³-hybridized carbons (Fsp3) is 0.300. The normalized spacial score (nSPS) is 19.0. The summed E-state index contributed by atoms with van der Waals surface area (Å²) in [6.45, 7) is 3.08. The average Bonchev–Trinajstić information content (AvgIpc) is 3.50. The number of urea groups is 1. The summed E-state index contributed by atoms with van der Waals surface area (Å²) in [6, 6.07) is 11.8. The van der Waals surface area contributed by atoms with E-state index in [9.17, 15) is 9.59 Å². The summed E-state index contributed by atoms with van der Waals surface area (Å²) in [5.41, 5.74) is 6.29. The van der Waals surface area contributed by atoms with Gasteiger partial charge in [0.15, 0.2) is 17.6 Å². The number of allylic oxidation sites excluding steroid dienone is 4. The van der Waals surface area contributed by atoms with Crippen molar-refractivity contribution in [1.29, 1.82) is 0 Å². The largest absolute Gasteiger partial charge is 0.327 e. The molecule has 3 aromatic heterocycles. The third-order valence-electron chi connectivity index (χ3n) is 8.05. The number of nitrogens with one attached hydrogen (secondary N) is 2. The van der Waals surface area contributed by atoms with Crippen molar-refractivity contribution in [2.45, 2.75) is 44.8 Å². The SMILES string of the molecule is Cc1cnc2n1-c1ccccc1C(C1=CC=CCC1)=N[C@H]2NC(=O)N1CCC(n2c(=O)[nH]c3ncccc32)CC1. The van der Waals surface area contributed by atoms with Crippen molar-refractivity contribution in [2.24, 2.45) is 4.99 Å². The molecule has 40 heavy (non-hydrogen) atoms. The fourth-order valence-electron chi connectivity index (χ4n) is 6.10. The number of benzene rings is 1. The summed E-state index contributed by atoms with van der Waals surface area (Å²) in [4.78, 5) is 45.1. The van der Waals surface area contributed by atoms with Crippen molar-refractivity contribution < 1.29 is 4.79 Å². The van der Waals surface area contributed by atoms with E-state index in [0.717, 1.165) is 46.6 Å². The van der Waals surface area contributed by atoms with E-state index in [1.54, 1.807) is 10.8 Å². The standard InChI is InChI=1S/C30H30N8O2/c1-19-18-32-28-27(33-25(20-8-3-2-4-9-20)22-10-5-6-11-23(22)37(19)28)35-29(39)36-16-13-21(14-17-36)38-24-12-7-15-31-26(24)34-30(38)40/h2-3,5-8,10-12,15,18,21,27H,4,9,13-14,16-17H2,1H3,(H,35,39)(H,31,34,40)/t27-/m0/s1. The van der Waals surface area contributed by atoms with E-state index in [-0.39, 0.29) is 17.8 Å². The molecular formula is C30H30N8O2. The van der Waals surface area contributed by atoms with Crippen LogP contribution in [0.5, 0.6) is 0 Å². The maximum absolute atomic E-state index is 13.6. The summed E-state index contributed by atoms with van der Waals surface area (Å²) in [5.74, 6) is 0.688. The maximum atomic E-state index is 13.6. The lowest BCUT2D eigenvalue weighted by atomic mass is 9.94. The second-order valence-corrected chi connectivity index (χ2v) is 10.5. The summed E-state index contributed by atoms with van der Waals surface area (Å²) in [7, 11) is 0. The second kappa shape index (κ2) is 9.78. The topological polar surface area (TPSA) is 113 Å². The van der Waals surface area contributed by atoms with Crippen LogP contribution in [0.15, 0.2) is 82.4 Å². The first-order valence-corrected chi connectivity index (χ1v) is 13.8. The minimum Gasteiger partial charge on any atom is -0.325 e. The van der Waals surface area contributed by atoms with Crippen LogP contribution in [0.2, 0.25) is 0 Å². The summed E-state index contributed by atoms with van der Waals surface area (Å²) in [5, 5.41) is 3.18. The number of fused-ring (bicyclic) bond motifs is 4. The van der Waals surface area contributed by atoms with E-state index in [2.05, 4.69) is 50.2 Å². The minimum absolute atomic E-state index is 0.000607. The quantitative estimate of drug-likeness (QED) is 0.407. The van der Waals surface area contributed by atoms with Crippen LogP contribution < -0.4 is 11.0 Å². The van der Waals surface area contributed by atoms with Crippen LogP contribution in [0.4, 0.5) is 4.79 Å². The van der Waals surface area contributed by atoms with Gasteiger partial charge in [-0.2, -0.15) is 0 Å². The van der Waals surface area contributed by atoms with Crippen LogP contribution in [0, 0.1) is 6.92 Å². The van der Waals surface area contributed by atoms with Gasteiger partial charge in [0, 0.05) is 42.8 Å². The van der Waals surface area contributed by atoms with Crippen LogP contribution in [-0.4, -0.2) is 53.8 Å². The van der Waals surface area contributed by atoms with E-state index in [1.165, 1.54) is 0 Å². The molecule has 3 aliphatic rings. The number of carbonyl (C=O) groups is 1. The zero-order chi connectivity index (χ0) is 27.2. The molecule has 10 heteroatoms. The van der Waals surface area contributed by atoms with Crippen molar-refractivity contribution in [3.8, 4) is 5.69 Å². The third kappa shape index (κ3) is 4.07. The Hall–Kier alpha value is -4.73. The number of aryl methyl sites for hydroxylation is 1. The first-order chi connectivity index (χ1) is 19.6. The molecular weight excluding hydrogens is 504 g/mol. The lowest BCUT2D eigenvalue weighted by molar-refractivity contribution is 0.168. The molecule has 0 radical (unpaired) electrons. The number of amides is 2. The number of H-pyrrole nitrogens is 1. The van der Waals surface area contributed by atoms with Crippen molar-refractivity contribution in [2.75, 3.05) is 13.1 Å². The Balaban J connectivity index is 1.16. The average molecular weight is 535 g/mol. The maximum Gasteiger partial charge on any atom is 0.327 e. The van der Waals surface area contributed by atoms with Gasteiger partial charge in [0.1, 0.15) is 0 Å². The summed E-state index contributed by atoms with van der Waals surface area (Å²) < 4.78 is 3.88. The molecule has 0 unspecified atom stereocenters. The minimum atomic E-state index is -0.643. The third-order valence-corrected chi connectivity index (χ3v) is 8.05. The fourth-order valence-corrected chi connectivity index (χ4v) is 6.10. The van der Waals surface area contributed by atoms with Gasteiger partial charge in [-0.3, -0.25) is 19.1 Å². The number of hydrogen-bond acceptors (Lipinski definition) is 5. The number of pyridine rings is 1. The van der Waals surface area contributed by atoms with Gasteiger partial charge in [0.25, 0.3) is 0 Å². The van der Waals surface area contributed by atoms with Crippen LogP contribution >= 0.6 is 0 Å². The van der Waals surface area contributed by atoms with Gasteiger partial charge >= 0.3 is 11.7 Å². The van der Waals surface area contributed by atoms with Crippen LogP contribution in [0.3, 0.4) is 0 Å². The molecule has 0 bridgehead atoms. The number of likely N-dealkylation sites (tertiary alicyclic amines) is 1. The molecule has 10 nitrogen and oxygen atoms in total. The van der Waals surface area contributed by atoms with Crippen LogP contribution in [0.1, 0.15) is 55.0 Å². The molecule has 1 fully saturated rings. The zero-order valence-corrected chi connectivity index (χ0v) is 22.2. The molecule has 7 rings (SSSR count). The molecule has 1 aliphatic carbocycles. The van der Waals surface area contributed by atoms with Gasteiger partial charge in [-0.15, -0.1) is 0 Å². The van der Waals surface area contributed by atoms with Gasteiger partial charge in [-0.25, -0.2) is 19.6 Å². The van der Waals surface area contributed by atoms with Gasteiger partial charge in [0.2, 0.25) is 0 Å². The van der Waals surface area contributed by atoms with Crippen molar-refractivity contribution in [1.82, 2.24) is 34.3 Å². The number of imidazole rings is 2. The van der Waals surface area contributed by atoms with Gasteiger partial charge in [-0.1, -0.05) is 36.4 Å². The molecule has 5 heterocycles. The van der Waals surface area contributed by atoms with E-state index in [1.807, 2.05) is 42.3 Å². The first-order valence-electron chi connectivity index (χ1n) is 13.8. The number of nitrogens with zero attached hydrogens (tertiary/aromatic N) is 6. The van der Waals surface area contributed by atoms with Crippen LogP contribution in [-0.2, 0) is 0 Å². The highest BCUT2D eigenvalue weighted by atomic mass is 16.2. The summed E-state index contributed by atoms with van der Waals surface area (Å²) in [6.07, 6.45) is 12.4. The number of para-hydroxylation sites is 1. The van der Waals surface area contributed by atoms with E-state index >= 15 is 0 Å². The highest BCUT2D eigenvalue weighted by Gasteiger charge is 2.32. The number of aromatic amines is 1. The highest BCUT2D eigenvalue weighted by Crippen LogP contribution is 2.32. The number of rotatable bonds is 3. The molecule has 2 N–H and O–H groups in total. The number of carbonyl (C=O) groups excluding carboxylic acids is 1. The molecule has 4 aromatic rings. The first kappa shape index (κ1) is 24.3. The Kier molecular flexibility index (Phi) is 5.95. The Morgan fingerprint density at radius 1 is 1.10 bits per heavy atom. The number of aliphatic imine (C=N–C) groups is 1. The molecule has 0 saturated carbocycles. The lowest BCUT2D eigenvalue weighted by Crippen LogP contribution is -2.46. The Bertz CT molecular complexity index is 1760. The van der Waals surface area contributed by atoms with Gasteiger partial charge in [-0.05, 0) is 56.4 Å². The van der Waals surface area contributed by atoms with Gasteiger partial charge < -0.3 is 10.2 Å². The number of piperidine rings is 1. The molecule has 1 atom stereocenters. The summed E-state index contributed by atoms with van der Waals surface area (Å²) >= 11 is 0. The monoisotopic (exact) mass is 534 g/mol. The van der Waals surface area contributed by atoms with Crippen molar-refractivity contribution >= 4 is 22.9 Å². The number of hydrogen-bond donors (Lipinski definition) is 2. The Morgan fingerprint density at radius 3 is 2.77 bits per heavy atom. The van der Waals surface area contributed by atoms with E-state index in [0.29, 0.717) is 37.4 Å². The Morgan fingerprint density at radius 2 is 1.95 bits per heavy atom. The predicted molar refractivity (Wildman–Crippen MR) is 153 cm³/mol. The smallest absolute Gasteiger partial charge is 0.325 e. The van der Waals surface area contributed by atoms with E-state index < -0.39 is 6.17 Å². The molecule has 1 saturated heterocycles. The lowest BCUT2D eigenvalue weighted by Gasteiger charge is -2.33. The van der Waals surface area contributed by atoms with E-state index in [4.69, 9.17) is 9.98 Å². The molecule has 1 aromatic carbocycles. The molecule has 2 aliphatic heterocycles. The highest BCUT2D eigenvalue weighted by molar-refractivity contribution is 6.15. The predicted octanol–water partition coefficient (Wildman–Crippen LogP) is 4.34.